The third kappa shape index (κ3) is 2.06. The molecule has 88 valence electrons. The molecule has 6 heteroatoms. The van der Waals surface area contributed by atoms with E-state index in [1.165, 1.54) is 12.1 Å². The maximum absolute atomic E-state index is 10.7. The first-order chi connectivity index (χ1) is 7.52. The van der Waals surface area contributed by atoms with Crippen molar-refractivity contribution in [1.82, 2.24) is 0 Å². The molecule has 1 aromatic carbocycles. The van der Waals surface area contributed by atoms with E-state index in [1.54, 1.807) is 0 Å². The maximum Gasteiger partial charge on any atom is 0.333 e. The summed E-state index contributed by atoms with van der Waals surface area (Å²) >= 11 is 0. The highest BCUT2D eigenvalue weighted by Gasteiger charge is 2.23. The lowest BCUT2D eigenvalue weighted by molar-refractivity contribution is -0.384. The molecule has 0 saturated carbocycles. The fourth-order valence-electron chi connectivity index (χ4n) is 1.61. The number of hydrogen-bond acceptors (Lipinski definition) is 5. The van der Waals surface area contributed by atoms with Gasteiger partial charge in [0, 0.05) is 12.5 Å². The average molecular weight is 226 g/mol. The van der Waals surface area contributed by atoms with Crippen LogP contribution in [0.4, 0.5) is 11.4 Å². The van der Waals surface area contributed by atoms with Gasteiger partial charge in [-0.05, 0) is 18.1 Å². The van der Waals surface area contributed by atoms with Crippen molar-refractivity contribution in [3.63, 3.8) is 0 Å². The summed E-state index contributed by atoms with van der Waals surface area (Å²) in [6.07, 6.45) is 0.614. The van der Waals surface area contributed by atoms with Gasteiger partial charge in [-0.3, -0.25) is 10.1 Å². The molecule has 0 aliphatic carbocycles. The first kappa shape index (κ1) is 12.3. The summed E-state index contributed by atoms with van der Waals surface area (Å²) < 4.78 is 0. The highest BCUT2D eigenvalue weighted by atomic mass is 16.6. The van der Waals surface area contributed by atoms with Gasteiger partial charge in [0.05, 0.1) is 4.92 Å². The fourth-order valence-corrected chi connectivity index (χ4v) is 1.61. The largest absolute Gasteiger partial charge is 0.502 e. The number of anilines is 1. The zero-order valence-corrected chi connectivity index (χ0v) is 8.88. The lowest BCUT2D eigenvalue weighted by Gasteiger charge is -2.14. The normalized spacial score (nSPS) is 12.4. The van der Waals surface area contributed by atoms with Crippen molar-refractivity contribution in [3.05, 3.63) is 27.8 Å². The molecule has 0 aromatic heterocycles. The summed E-state index contributed by atoms with van der Waals surface area (Å²) in [7, 11) is 0. The van der Waals surface area contributed by atoms with Crippen molar-refractivity contribution in [1.29, 1.82) is 0 Å². The van der Waals surface area contributed by atoms with Crippen molar-refractivity contribution < 1.29 is 15.1 Å². The van der Waals surface area contributed by atoms with Gasteiger partial charge in [0.15, 0.2) is 5.75 Å². The van der Waals surface area contributed by atoms with Gasteiger partial charge >= 0.3 is 5.69 Å². The molecule has 0 radical (unpaired) electrons. The molecule has 0 aliphatic heterocycles. The van der Waals surface area contributed by atoms with Gasteiger partial charge in [0.1, 0.15) is 5.69 Å². The molecule has 1 unspecified atom stereocenters. The van der Waals surface area contributed by atoms with Gasteiger partial charge in [0.2, 0.25) is 0 Å². The van der Waals surface area contributed by atoms with Gasteiger partial charge in [-0.25, -0.2) is 0 Å². The van der Waals surface area contributed by atoms with Crippen LogP contribution in [0.2, 0.25) is 0 Å². The number of phenolic OH excluding ortho intramolecular Hbond substituents is 1. The Hall–Kier alpha value is -1.82. The Balaban J connectivity index is 3.33. The number of nitrogens with zero attached hydrogens (tertiary/aromatic N) is 1. The van der Waals surface area contributed by atoms with Crippen LogP contribution in [-0.4, -0.2) is 21.7 Å². The Morgan fingerprint density at radius 3 is 2.62 bits per heavy atom. The van der Waals surface area contributed by atoms with Gasteiger partial charge in [-0.1, -0.05) is 13.0 Å². The molecule has 0 bridgehead atoms. The Bertz CT molecular complexity index is 402. The van der Waals surface area contributed by atoms with Crippen molar-refractivity contribution in [2.75, 3.05) is 12.3 Å². The zero-order chi connectivity index (χ0) is 12.3. The zero-order valence-electron chi connectivity index (χ0n) is 8.88. The highest BCUT2D eigenvalue weighted by Crippen LogP contribution is 2.38. The third-order valence-electron chi connectivity index (χ3n) is 2.57. The number of nitro benzene ring substituents is 1. The van der Waals surface area contributed by atoms with Crippen LogP contribution < -0.4 is 5.73 Å². The molecule has 6 nitrogen and oxygen atoms in total. The van der Waals surface area contributed by atoms with Crippen LogP contribution in [0.3, 0.4) is 0 Å². The van der Waals surface area contributed by atoms with Gasteiger partial charge < -0.3 is 15.9 Å². The number of nitrogens with two attached hydrogens (primary N) is 1. The Labute approximate surface area is 92.5 Å². The number of phenols is 1. The number of aromatic hydroxyl groups is 1. The average Bonchev–Trinajstić information content (AvgIpc) is 2.22. The van der Waals surface area contributed by atoms with E-state index in [-0.39, 0.29) is 18.2 Å². The Morgan fingerprint density at radius 1 is 1.56 bits per heavy atom. The second-order valence-electron chi connectivity index (χ2n) is 3.48. The smallest absolute Gasteiger partial charge is 0.333 e. The van der Waals surface area contributed by atoms with E-state index < -0.39 is 16.4 Å². The molecule has 0 aliphatic rings. The number of aliphatic hydroxyl groups is 1. The SMILES string of the molecule is CCC(CO)c1ccc(O)c([N+](=O)[O-])c1N. The summed E-state index contributed by atoms with van der Waals surface area (Å²) in [5.74, 6) is -0.710. The first-order valence-electron chi connectivity index (χ1n) is 4.89. The van der Waals surface area contributed by atoms with E-state index >= 15 is 0 Å². The molecule has 0 amide bonds. The van der Waals surface area contributed by atoms with Crippen LogP contribution in [0.1, 0.15) is 24.8 Å². The molecule has 16 heavy (non-hydrogen) atoms. The molecule has 1 rings (SSSR count). The van der Waals surface area contributed by atoms with Crippen LogP contribution in [0.15, 0.2) is 12.1 Å². The number of benzene rings is 1. The summed E-state index contributed by atoms with van der Waals surface area (Å²) in [5, 5.41) is 29.1. The molecule has 0 fully saturated rings. The topological polar surface area (TPSA) is 110 Å². The van der Waals surface area contributed by atoms with Gasteiger partial charge in [-0.15, -0.1) is 0 Å². The monoisotopic (exact) mass is 226 g/mol. The summed E-state index contributed by atoms with van der Waals surface area (Å²) in [6, 6.07) is 2.73. The first-order valence-corrected chi connectivity index (χ1v) is 4.89. The second kappa shape index (κ2) is 4.80. The van der Waals surface area contributed by atoms with E-state index in [4.69, 9.17) is 10.8 Å². The van der Waals surface area contributed by atoms with Crippen molar-refractivity contribution in [3.8, 4) is 5.75 Å². The predicted octanol–water partition coefficient (Wildman–Crippen LogP) is 1.37. The minimum absolute atomic E-state index is 0.0779. The summed E-state index contributed by atoms with van der Waals surface area (Å²) in [4.78, 5) is 9.97. The van der Waals surface area contributed by atoms with Crippen LogP contribution in [0.25, 0.3) is 0 Å². The van der Waals surface area contributed by atoms with Crippen molar-refractivity contribution in [2.45, 2.75) is 19.3 Å². The number of nitrogen functional groups attached to an aromatic ring is 1. The van der Waals surface area contributed by atoms with E-state index in [9.17, 15) is 15.2 Å². The lowest BCUT2D eigenvalue weighted by Crippen LogP contribution is -2.08. The quantitative estimate of drug-likeness (QED) is 0.408. The number of rotatable bonds is 4. The van der Waals surface area contributed by atoms with Crippen molar-refractivity contribution in [2.24, 2.45) is 0 Å². The molecule has 4 N–H and O–H groups in total. The van der Waals surface area contributed by atoms with Crippen LogP contribution in [-0.2, 0) is 0 Å². The summed E-state index contributed by atoms with van der Waals surface area (Å²) in [6.45, 7) is 1.71. The maximum atomic E-state index is 10.7. The van der Waals surface area contributed by atoms with Crippen LogP contribution >= 0.6 is 0 Å². The molecule has 1 aromatic rings. The summed E-state index contributed by atoms with van der Waals surface area (Å²) in [5.41, 5.74) is 5.55. The number of aliphatic hydroxyl groups excluding tert-OH is 1. The minimum Gasteiger partial charge on any atom is -0.502 e. The van der Waals surface area contributed by atoms with Crippen LogP contribution in [0, 0.1) is 10.1 Å². The third-order valence-corrected chi connectivity index (χ3v) is 2.57. The Kier molecular flexibility index (Phi) is 3.68. The molecule has 1 atom stereocenters. The number of hydrogen-bond donors (Lipinski definition) is 3. The minimum atomic E-state index is -0.724. The standard InChI is InChI=1S/C10H14N2O4/c1-2-6(5-13)7-3-4-8(14)10(9(7)11)12(15)16/h3-4,6,13-14H,2,5,11H2,1H3. The predicted molar refractivity (Wildman–Crippen MR) is 59.3 cm³/mol. The molecule has 0 heterocycles. The molecular weight excluding hydrogens is 212 g/mol. The van der Waals surface area contributed by atoms with Crippen molar-refractivity contribution >= 4 is 11.4 Å². The highest BCUT2D eigenvalue weighted by molar-refractivity contribution is 5.70. The van der Waals surface area contributed by atoms with Gasteiger partial charge in [-0.2, -0.15) is 0 Å². The fraction of sp³-hybridized carbons (Fsp3) is 0.400. The molecule has 0 spiro atoms. The number of nitro groups is 1. The molecular formula is C10H14N2O4. The van der Waals surface area contributed by atoms with Gasteiger partial charge in [0.25, 0.3) is 0 Å². The van der Waals surface area contributed by atoms with E-state index in [1.807, 2.05) is 6.92 Å². The van der Waals surface area contributed by atoms with Crippen LogP contribution in [0.5, 0.6) is 5.75 Å². The van der Waals surface area contributed by atoms with E-state index in [0.29, 0.717) is 12.0 Å². The van der Waals surface area contributed by atoms with E-state index in [2.05, 4.69) is 0 Å². The Morgan fingerprint density at radius 2 is 2.19 bits per heavy atom. The second-order valence-corrected chi connectivity index (χ2v) is 3.48. The molecule has 0 saturated heterocycles. The lowest BCUT2D eigenvalue weighted by atomic mass is 9.95. The van der Waals surface area contributed by atoms with E-state index in [0.717, 1.165) is 0 Å².